The van der Waals surface area contributed by atoms with Gasteiger partial charge in [-0.05, 0) is 29.8 Å². The Morgan fingerprint density at radius 3 is 2.71 bits per heavy atom. The quantitative estimate of drug-likeness (QED) is 0.660. The molecule has 2 N–H and O–H groups in total. The summed E-state index contributed by atoms with van der Waals surface area (Å²) < 4.78 is 24.2. The van der Waals surface area contributed by atoms with E-state index in [0.29, 0.717) is 18.1 Å². The predicted octanol–water partition coefficient (Wildman–Crippen LogP) is 2.75. The average molecular weight is 347 g/mol. The van der Waals surface area contributed by atoms with Crippen molar-refractivity contribution in [2.75, 3.05) is 5.75 Å². The van der Waals surface area contributed by atoms with E-state index >= 15 is 0 Å². The summed E-state index contributed by atoms with van der Waals surface area (Å²) in [4.78, 5) is 10.8. The Bertz CT molecular complexity index is 802. The Labute approximate surface area is 141 Å². The number of aromatic nitrogens is 2. The molecule has 0 aliphatic rings. The molecule has 0 aliphatic carbocycles. The van der Waals surface area contributed by atoms with Gasteiger partial charge < -0.3 is 14.6 Å². The number of hydrogen-bond acceptors (Lipinski definition) is 6. The van der Waals surface area contributed by atoms with E-state index in [9.17, 15) is 9.18 Å². The maximum absolute atomic E-state index is 13.2. The number of hydrogen-bond donors (Lipinski definition) is 1. The summed E-state index contributed by atoms with van der Waals surface area (Å²) in [6.45, 7) is 0. The highest BCUT2D eigenvalue weighted by Gasteiger charge is 2.21. The summed E-state index contributed by atoms with van der Waals surface area (Å²) in [6.07, 6.45) is 1.97. The Hall–Kier alpha value is -2.61. The van der Waals surface area contributed by atoms with Crippen LogP contribution < -0.4 is 5.73 Å². The first kappa shape index (κ1) is 16.3. The topological polar surface area (TPSA) is 95.2 Å². The summed E-state index contributed by atoms with van der Waals surface area (Å²) in [5.74, 6) is 0.231. The minimum Gasteiger partial charge on any atom is -0.469 e. The Morgan fingerprint density at radius 2 is 2.04 bits per heavy atom. The molecule has 0 bridgehead atoms. The summed E-state index contributed by atoms with van der Waals surface area (Å²) in [6, 6.07) is 9.81. The van der Waals surface area contributed by atoms with E-state index in [2.05, 4.69) is 10.2 Å². The molecule has 0 spiro atoms. The maximum atomic E-state index is 13.2. The first-order chi connectivity index (χ1) is 11.6. The number of primary amides is 1. The van der Waals surface area contributed by atoms with Gasteiger partial charge in [0.2, 0.25) is 11.8 Å². The second-order valence-electron chi connectivity index (χ2n) is 5.04. The third kappa shape index (κ3) is 4.02. The summed E-state index contributed by atoms with van der Waals surface area (Å²) in [7, 11) is 0. The summed E-state index contributed by atoms with van der Waals surface area (Å²) in [5.41, 5.74) is 5.96. The van der Waals surface area contributed by atoms with Gasteiger partial charge in [-0.15, -0.1) is 10.2 Å². The van der Waals surface area contributed by atoms with Crippen molar-refractivity contribution in [1.29, 1.82) is 0 Å². The molecule has 6 nitrogen and oxygen atoms in total. The van der Waals surface area contributed by atoms with Crippen LogP contribution in [0.25, 0.3) is 0 Å². The molecule has 0 saturated heterocycles. The molecule has 8 heteroatoms. The SMILES string of the molecule is NC(=O)CSc1nnc(CC(c2ccc(F)cc2)c2ccco2)o1. The van der Waals surface area contributed by atoms with Gasteiger partial charge in [0.25, 0.3) is 5.22 Å². The van der Waals surface area contributed by atoms with Crippen LogP contribution in [0, 0.1) is 5.82 Å². The minimum absolute atomic E-state index is 0.0706. The van der Waals surface area contributed by atoms with Crippen molar-refractivity contribution in [2.45, 2.75) is 17.6 Å². The van der Waals surface area contributed by atoms with Crippen LogP contribution in [0.15, 0.2) is 56.7 Å². The molecule has 1 atom stereocenters. The normalized spacial score (nSPS) is 12.2. The number of benzene rings is 1. The van der Waals surface area contributed by atoms with Crippen LogP contribution in [-0.4, -0.2) is 21.9 Å². The molecule has 24 heavy (non-hydrogen) atoms. The molecule has 1 amide bonds. The highest BCUT2D eigenvalue weighted by atomic mass is 32.2. The third-order valence-corrected chi connectivity index (χ3v) is 4.16. The highest BCUT2D eigenvalue weighted by molar-refractivity contribution is 7.99. The lowest BCUT2D eigenvalue weighted by molar-refractivity contribution is -0.115. The van der Waals surface area contributed by atoms with E-state index in [1.165, 1.54) is 12.1 Å². The van der Waals surface area contributed by atoms with Crippen LogP contribution in [0.2, 0.25) is 0 Å². The van der Waals surface area contributed by atoms with Gasteiger partial charge in [-0.3, -0.25) is 4.79 Å². The lowest BCUT2D eigenvalue weighted by Gasteiger charge is -2.13. The van der Waals surface area contributed by atoms with Gasteiger partial charge in [-0.2, -0.15) is 0 Å². The van der Waals surface area contributed by atoms with Crippen molar-refractivity contribution in [3.63, 3.8) is 0 Å². The fourth-order valence-electron chi connectivity index (χ4n) is 2.25. The van der Waals surface area contributed by atoms with Crippen molar-refractivity contribution in [2.24, 2.45) is 5.73 Å². The van der Waals surface area contributed by atoms with Gasteiger partial charge in [0, 0.05) is 6.42 Å². The fourth-order valence-corrected chi connectivity index (χ4v) is 2.77. The Kier molecular flexibility index (Phi) is 4.95. The Balaban J connectivity index is 1.80. The van der Waals surface area contributed by atoms with Crippen LogP contribution in [0.1, 0.15) is 23.1 Å². The van der Waals surface area contributed by atoms with Crippen LogP contribution >= 0.6 is 11.8 Å². The van der Waals surface area contributed by atoms with Crippen molar-refractivity contribution in [3.8, 4) is 0 Å². The van der Waals surface area contributed by atoms with Gasteiger partial charge >= 0.3 is 0 Å². The average Bonchev–Trinajstić information content (AvgIpc) is 3.23. The molecule has 0 radical (unpaired) electrons. The number of carbonyl (C=O) groups is 1. The van der Waals surface area contributed by atoms with Gasteiger partial charge in [0.15, 0.2) is 0 Å². The van der Waals surface area contributed by atoms with Crippen molar-refractivity contribution >= 4 is 17.7 Å². The first-order valence-electron chi connectivity index (χ1n) is 7.14. The van der Waals surface area contributed by atoms with E-state index in [1.807, 2.05) is 6.07 Å². The molecule has 3 rings (SSSR count). The van der Waals surface area contributed by atoms with Crippen LogP contribution in [0.5, 0.6) is 0 Å². The van der Waals surface area contributed by atoms with E-state index < -0.39 is 5.91 Å². The largest absolute Gasteiger partial charge is 0.469 e. The molecule has 124 valence electrons. The van der Waals surface area contributed by atoms with Gasteiger partial charge in [0.1, 0.15) is 11.6 Å². The second kappa shape index (κ2) is 7.31. The van der Waals surface area contributed by atoms with E-state index in [-0.39, 0.29) is 22.7 Å². The van der Waals surface area contributed by atoms with Crippen molar-refractivity contribution in [3.05, 3.63) is 65.7 Å². The molecule has 0 aliphatic heterocycles. The molecule has 1 aromatic carbocycles. The monoisotopic (exact) mass is 347 g/mol. The molecule has 0 fully saturated rings. The molecule has 2 heterocycles. The fraction of sp³-hybridized carbons (Fsp3) is 0.188. The van der Waals surface area contributed by atoms with Gasteiger partial charge in [-0.25, -0.2) is 4.39 Å². The number of furan rings is 1. The van der Waals surface area contributed by atoms with Crippen molar-refractivity contribution in [1.82, 2.24) is 10.2 Å². The van der Waals surface area contributed by atoms with Gasteiger partial charge in [-0.1, -0.05) is 23.9 Å². The highest BCUT2D eigenvalue weighted by Crippen LogP contribution is 2.29. The minimum atomic E-state index is -0.459. The zero-order valence-electron chi connectivity index (χ0n) is 12.5. The summed E-state index contributed by atoms with van der Waals surface area (Å²) in [5, 5.41) is 8.14. The lowest BCUT2D eigenvalue weighted by atomic mass is 9.93. The lowest BCUT2D eigenvalue weighted by Crippen LogP contribution is -2.12. The standard InChI is InChI=1S/C16H14FN3O3S/c17-11-5-3-10(4-6-11)12(13-2-1-7-22-13)8-15-19-20-16(23-15)24-9-14(18)21/h1-7,12H,8-9H2,(H2,18,21). The molecular weight excluding hydrogens is 333 g/mol. The number of amides is 1. The van der Waals surface area contributed by atoms with Crippen LogP contribution in [0.4, 0.5) is 4.39 Å². The van der Waals surface area contributed by atoms with Gasteiger partial charge in [0.05, 0.1) is 17.9 Å². The van der Waals surface area contributed by atoms with E-state index in [4.69, 9.17) is 14.6 Å². The number of rotatable bonds is 7. The second-order valence-corrected chi connectivity index (χ2v) is 5.97. The van der Waals surface area contributed by atoms with Crippen molar-refractivity contribution < 1.29 is 18.0 Å². The zero-order chi connectivity index (χ0) is 16.9. The maximum Gasteiger partial charge on any atom is 0.277 e. The summed E-state index contributed by atoms with van der Waals surface area (Å²) >= 11 is 1.08. The number of nitrogens with two attached hydrogens (primary N) is 1. The zero-order valence-corrected chi connectivity index (χ0v) is 13.3. The first-order valence-corrected chi connectivity index (χ1v) is 8.12. The third-order valence-electron chi connectivity index (χ3n) is 3.32. The smallest absolute Gasteiger partial charge is 0.277 e. The van der Waals surface area contributed by atoms with E-state index in [0.717, 1.165) is 17.3 Å². The number of nitrogens with zero attached hydrogens (tertiary/aromatic N) is 2. The number of thioether (sulfide) groups is 1. The number of carbonyl (C=O) groups excluding carboxylic acids is 1. The number of halogens is 1. The Morgan fingerprint density at radius 1 is 1.25 bits per heavy atom. The van der Waals surface area contributed by atoms with Crippen LogP contribution in [0.3, 0.4) is 0 Å². The predicted molar refractivity (Wildman–Crippen MR) is 84.9 cm³/mol. The molecule has 1 unspecified atom stereocenters. The molecule has 3 aromatic rings. The van der Waals surface area contributed by atoms with E-state index in [1.54, 1.807) is 24.5 Å². The molecule has 0 saturated carbocycles. The molecular formula is C16H14FN3O3S. The van der Waals surface area contributed by atoms with Crippen LogP contribution in [-0.2, 0) is 11.2 Å². The molecule has 2 aromatic heterocycles.